The van der Waals surface area contributed by atoms with Crippen molar-refractivity contribution in [3.63, 3.8) is 0 Å². The molecule has 3 heterocycles. The molecule has 1 saturated heterocycles. The summed E-state index contributed by atoms with van der Waals surface area (Å²) in [7, 11) is 0. The van der Waals surface area contributed by atoms with E-state index in [9.17, 15) is 26.7 Å². The van der Waals surface area contributed by atoms with Gasteiger partial charge < -0.3 is 4.74 Å². The van der Waals surface area contributed by atoms with Gasteiger partial charge in [-0.2, -0.15) is 26.9 Å². The second kappa shape index (κ2) is 12.2. The van der Waals surface area contributed by atoms with Gasteiger partial charge in [-0.3, -0.25) is 9.74 Å². The molecule has 1 atom stereocenters. The Morgan fingerprint density at radius 2 is 1.80 bits per heavy atom. The van der Waals surface area contributed by atoms with Crippen LogP contribution in [-0.2, 0) is 11.4 Å². The molecule has 0 bridgehead atoms. The highest BCUT2D eigenvalue weighted by Gasteiger charge is 2.61. The number of carbonyl (C=O) groups is 1. The Labute approximate surface area is 263 Å². The normalized spacial score (nSPS) is 17.0. The maximum Gasteiger partial charge on any atom is 0.499 e. The van der Waals surface area contributed by atoms with Crippen molar-refractivity contribution < 1.29 is 36.3 Å². The van der Waals surface area contributed by atoms with Crippen LogP contribution in [0, 0.1) is 6.92 Å². The van der Waals surface area contributed by atoms with Gasteiger partial charge >= 0.3 is 18.3 Å². The van der Waals surface area contributed by atoms with Gasteiger partial charge in [-0.05, 0) is 53.9 Å². The van der Waals surface area contributed by atoms with Crippen LogP contribution in [-0.4, -0.2) is 44.0 Å². The summed E-state index contributed by atoms with van der Waals surface area (Å²) >= 11 is 1.49. The first-order valence-electron chi connectivity index (χ1n) is 13.9. The third-order valence-electron chi connectivity index (χ3n) is 7.16. The quantitative estimate of drug-likeness (QED) is 0.162. The molecule has 1 aromatic heterocycles. The van der Waals surface area contributed by atoms with E-state index >= 15 is 0 Å². The Morgan fingerprint density at radius 3 is 2.52 bits per heavy atom. The molecule has 1 fully saturated rings. The molecular weight excluding hydrogens is 631 g/mol. The zero-order valence-electron chi connectivity index (χ0n) is 24.3. The number of nitrogens with one attached hydrogen (secondary N) is 1. The van der Waals surface area contributed by atoms with Crippen LogP contribution in [0.25, 0.3) is 17.1 Å². The van der Waals surface area contributed by atoms with E-state index in [4.69, 9.17) is 4.84 Å². The number of alkyl halides is 5. The highest BCUT2D eigenvalue weighted by molar-refractivity contribution is 8.14. The first kappa shape index (κ1) is 31.2. The number of nitrogens with zero attached hydrogens (tertiary/aromatic N) is 5. The van der Waals surface area contributed by atoms with Crippen molar-refractivity contribution in [2.24, 2.45) is 4.99 Å². The summed E-state index contributed by atoms with van der Waals surface area (Å²) in [6.45, 7) is 4.25. The molecule has 2 aliphatic heterocycles. The highest BCUT2D eigenvalue weighted by atomic mass is 32.2. The summed E-state index contributed by atoms with van der Waals surface area (Å²) in [6, 6.07) is 17.2. The number of thioether (sulfide) groups is 1. The number of amides is 2. The van der Waals surface area contributed by atoms with E-state index in [-0.39, 0.29) is 12.5 Å². The number of ether oxygens (including phenoxy) is 1. The Kier molecular flexibility index (Phi) is 8.29. The number of halogens is 5. The standard InChI is InChI=1S/C31H25F5N6O3S/c1-18-3-12-25-19(2)14-23-16-46-29(42(23)26(25)13-18)38-28(43)40-44-15-20-4-6-21(7-5-20)27-37-17-41(39-27)22-8-10-24(11-9-22)45-31(35,36)30(32,33)34/h3-14,17,19H,15-16H2,1-2H3,(H,40,43). The smallest absolute Gasteiger partial charge is 0.426 e. The first-order valence-corrected chi connectivity index (χ1v) is 14.9. The number of rotatable bonds is 7. The van der Waals surface area contributed by atoms with E-state index in [1.807, 2.05) is 11.8 Å². The Balaban J connectivity index is 1.03. The van der Waals surface area contributed by atoms with Gasteiger partial charge in [0.05, 0.1) is 18.0 Å². The first-order chi connectivity index (χ1) is 21.9. The fourth-order valence-electron chi connectivity index (χ4n) is 4.90. The largest absolute Gasteiger partial charge is 0.499 e. The van der Waals surface area contributed by atoms with E-state index in [0.29, 0.717) is 22.2 Å². The average molecular weight is 657 g/mol. The van der Waals surface area contributed by atoms with Gasteiger partial charge in [-0.25, -0.2) is 19.9 Å². The van der Waals surface area contributed by atoms with Gasteiger partial charge in [0.2, 0.25) is 0 Å². The van der Waals surface area contributed by atoms with Crippen LogP contribution in [0.4, 0.5) is 32.4 Å². The monoisotopic (exact) mass is 656 g/mol. The lowest BCUT2D eigenvalue weighted by Crippen LogP contribution is -2.41. The molecule has 0 spiro atoms. The topological polar surface area (TPSA) is 93.9 Å². The third kappa shape index (κ3) is 6.46. The molecule has 0 saturated carbocycles. The van der Waals surface area contributed by atoms with E-state index in [0.717, 1.165) is 40.4 Å². The number of carbonyl (C=O) groups excluding carboxylic acids is 1. The number of fused-ring (bicyclic) bond motifs is 3. The summed E-state index contributed by atoms with van der Waals surface area (Å²) < 4.78 is 68.6. The Bertz CT molecular complexity index is 1820. The SMILES string of the molecule is Cc1ccc2c(c1)N1C(=CC2C)CSC1=NC(=O)NOCc1ccc(-c2ncn(-c3ccc(OC(F)(F)C(F)(F)F)cc3)n2)cc1. The number of hydrogen-bond donors (Lipinski definition) is 1. The summed E-state index contributed by atoms with van der Waals surface area (Å²) in [6.07, 6.45) is -7.60. The number of aryl methyl sites for hydroxylation is 1. The van der Waals surface area contributed by atoms with Gasteiger partial charge in [0, 0.05) is 22.9 Å². The van der Waals surface area contributed by atoms with Crippen LogP contribution in [0.3, 0.4) is 0 Å². The van der Waals surface area contributed by atoms with Gasteiger partial charge in [0.25, 0.3) is 0 Å². The maximum atomic E-state index is 13.1. The Hall–Kier alpha value is -4.76. The minimum atomic E-state index is -5.84. The fraction of sp³-hybridized carbons (Fsp3) is 0.226. The van der Waals surface area contributed by atoms with E-state index in [1.165, 1.54) is 40.5 Å². The zero-order valence-corrected chi connectivity index (χ0v) is 25.1. The van der Waals surface area contributed by atoms with Crippen molar-refractivity contribution in [2.75, 3.05) is 10.7 Å². The van der Waals surface area contributed by atoms with Crippen LogP contribution in [0.2, 0.25) is 0 Å². The van der Waals surface area contributed by atoms with E-state index < -0.39 is 24.1 Å². The number of aliphatic imine (C=N–C) groups is 1. The molecule has 1 unspecified atom stereocenters. The molecule has 15 heteroatoms. The van der Waals surface area contributed by atoms with Crippen molar-refractivity contribution in [3.05, 3.63) is 102 Å². The Morgan fingerprint density at radius 1 is 1.07 bits per heavy atom. The number of allylic oxidation sites excluding steroid dienone is 1. The molecule has 238 valence electrons. The average Bonchev–Trinajstić information content (AvgIpc) is 3.65. The van der Waals surface area contributed by atoms with Crippen molar-refractivity contribution in [2.45, 2.75) is 38.7 Å². The minimum absolute atomic E-state index is 0.0715. The molecular formula is C31H25F5N6O3S. The van der Waals surface area contributed by atoms with Crippen LogP contribution in [0.15, 0.2) is 89.8 Å². The molecule has 4 aromatic rings. The summed E-state index contributed by atoms with van der Waals surface area (Å²) in [5, 5.41) is 4.91. The van der Waals surface area contributed by atoms with Crippen molar-refractivity contribution in [1.29, 1.82) is 0 Å². The summed E-state index contributed by atoms with van der Waals surface area (Å²) in [4.78, 5) is 28.5. The number of hydroxylamine groups is 1. The highest BCUT2D eigenvalue weighted by Crippen LogP contribution is 2.43. The lowest BCUT2D eigenvalue weighted by Gasteiger charge is -2.30. The number of hydrogen-bond acceptors (Lipinski definition) is 6. The van der Waals surface area contributed by atoms with E-state index in [2.05, 4.69) is 56.5 Å². The second-order valence-corrected chi connectivity index (χ2v) is 11.5. The van der Waals surface area contributed by atoms with Gasteiger partial charge in [-0.15, -0.1) is 5.10 Å². The minimum Gasteiger partial charge on any atom is -0.426 e. The van der Waals surface area contributed by atoms with Crippen molar-refractivity contribution >= 4 is 28.6 Å². The van der Waals surface area contributed by atoms with Gasteiger partial charge in [-0.1, -0.05) is 61.2 Å². The summed E-state index contributed by atoms with van der Waals surface area (Å²) in [5.74, 6) is 0.673. The molecule has 2 aliphatic rings. The fourth-order valence-corrected chi connectivity index (χ4v) is 5.89. The number of aromatic nitrogens is 3. The molecule has 0 radical (unpaired) electrons. The molecule has 2 amide bonds. The van der Waals surface area contributed by atoms with Crippen LogP contribution >= 0.6 is 11.8 Å². The molecule has 1 N–H and O–H groups in total. The van der Waals surface area contributed by atoms with Crippen LogP contribution in [0.5, 0.6) is 5.75 Å². The number of amidine groups is 1. The molecule has 6 rings (SSSR count). The van der Waals surface area contributed by atoms with E-state index in [1.54, 1.807) is 24.3 Å². The zero-order chi connectivity index (χ0) is 32.6. The van der Waals surface area contributed by atoms with Crippen LogP contribution in [0.1, 0.15) is 29.5 Å². The lowest BCUT2D eigenvalue weighted by molar-refractivity contribution is -0.360. The lowest BCUT2D eigenvalue weighted by atomic mass is 9.93. The predicted molar refractivity (Wildman–Crippen MR) is 162 cm³/mol. The van der Waals surface area contributed by atoms with Gasteiger partial charge in [0.15, 0.2) is 11.0 Å². The molecule has 46 heavy (non-hydrogen) atoms. The summed E-state index contributed by atoms with van der Waals surface area (Å²) in [5.41, 5.74) is 8.55. The number of benzene rings is 3. The molecule has 9 nitrogen and oxygen atoms in total. The second-order valence-electron chi connectivity index (χ2n) is 10.5. The number of urea groups is 1. The predicted octanol–water partition coefficient (Wildman–Crippen LogP) is 7.53. The third-order valence-corrected chi connectivity index (χ3v) is 8.14. The number of anilines is 1. The van der Waals surface area contributed by atoms with Crippen LogP contribution < -0.4 is 15.1 Å². The molecule has 3 aromatic carbocycles. The molecule has 0 aliphatic carbocycles. The van der Waals surface area contributed by atoms with Crippen molar-refractivity contribution in [1.82, 2.24) is 20.2 Å². The maximum absolute atomic E-state index is 13.1. The van der Waals surface area contributed by atoms with Crippen molar-refractivity contribution in [3.8, 4) is 22.8 Å². The van der Waals surface area contributed by atoms with Gasteiger partial charge in [0.1, 0.15) is 12.1 Å².